The van der Waals surface area contributed by atoms with Gasteiger partial charge in [-0.15, -0.1) is 11.3 Å². The van der Waals surface area contributed by atoms with Crippen molar-refractivity contribution in [2.75, 3.05) is 20.3 Å². The maximum absolute atomic E-state index is 13.4. The summed E-state index contributed by atoms with van der Waals surface area (Å²) in [6.45, 7) is 0.776. The molecular formula is C26H21FN2O3S2. The number of carbonyl (C=O) groups excluding carboxylic acids is 1. The largest absolute Gasteiger partial charge is 0.490 e. The Hall–Kier alpha value is -3.25. The number of benzene rings is 2. The van der Waals surface area contributed by atoms with Crippen LogP contribution in [0.3, 0.4) is 0 Å². The van der Waals surface area contributed by atoms with Gasteiger partial charge in [0.1, 0.15) is 30.0 Å². The number of ether oxygens (including phenoxy) is 2. The number of methoxy groups -OCH3 is 1. The van der Waals surface area contributed by atoms with Crippen LogP contribution in [-0.2, 0) is 22.4 Å². The van der Waals surface area contributed by atoms with E-state index in [2.05, 4.69) is 11.1 Å². The lowest BCUT2D eigenvalue weighted by molar-refractivity contribution is -0.117. The van der Waals surface area contributed by atoms with E-state index in [0.29, 0.717) is 36.5 Å². The fourth-order valence-corrected chi connectivity index (χ4v) is 5.70. The normalized spacial score (nSPS) is 10.9. The van der Waals surface area contributed by atoms with Gasteiger partial charge in [-0.1, -0.05) is 23.9 Å². The van der Waals surface area contributed by atoms with Crippen molar-refractivity contribution in [2.45, 2.75) is 21.9 Å². The summed E-state index contributed by atoms with van der Waals surface area (Å²) in [7, 11) is 1.59. The molecule has 0 saturated heterocycles. The number of ketones is 1. The number of rotatable bonds is 10. The Bertz CT molecular complexity index is 1360. The van der Waals surface area contributed by atoms with Crippen LogP contribution in [-0.4, -0.2) is 31.1 Å². The quantitative estimate of drug-likeness (QED) is 0.259. The lowest BCUT2D eigenvalue weighted by Crippen LogP contribution is -2.05. The number of halogens is 1. The molecular weight excluding hydrogens is 471 g/mol. The van der Waals surface area contributed by atoms with Gasteiger partial charge in [0.25, 0.3) is 0 Å². The maximum atomic E-state index is 13.4. The first-order chi connectivity index (χ1) is 16.6. The fraction of sp³-hybridized carbons (Fsp3) is 0.192. The van der Waals surface area contributed by atoms with Gasteiger partial charge in [-0.05, 0) is 42.0 Å². The van der Waals surface area contributed by atoms with E-state index in [1.54, 1.807) is 60.7 Å². The maximum Gasteiger partial charge on any atom is 0.142 e. The summed E-state index contributed by atoms with van der Waals surface area (Å²) in [6, 6.07) is 17.7. The fourth-order valence-electron chi connectivity index (χ4n) is 3.43. The monoisotopic (exact) mass is 492 g/mol. The van der Waals surface area contributed by atoms with Crippen LogP contribution in [0.2, 0.25) is 0 Å². The summed E-state index contributed by atoms with van der Waals surface area (Å²) in [4.78, 5) is 18.8. The second kappa shape index (κ2) is 11.3. The second-order valence-corrected chi connectivity index (χ2v) is 9.98. The third kappa shape index (κ3) is 6.00. The van der Waals surface area contributed by atoms with Crippen molar-refractivity contribution in [1.29, 1.82) is 5.26 Å². The zero-order valence-corrected chi connectivity index (χ0v) is 20.0. The number of hydrogen-bond donors (Lipinski definition) is 0. The molecule has 8 heteroatoms. The predicted octanol–water partition coefficient (Wildman–Crippen LogP) is 5.84. The molecule has 0 N–H and O–H groups in total. The van der Waals surface area contributed by atoms with Crippen LogP contribution in [0, 0.1) is 17.1 Å². The highest BCUT2D eigenvalue weighted by Crippen LogP contribution is 2.38. The highest BCUT2D eigenvalue weighted by Gasteiger charge is 2.13. The van der Waals surface area contributed by atoms with Crippen LogP contribution in [0.5, 0.6) is 5.75 Å². The van der Waals surface area contributed by atoms with Crippen molar-refractivity contribution in [3.8, 4) is 11.8 Å². The SMILES string of the molecule is COCCOc1cc2nccc(Sc3ccc(CC(=O)Cc4cccc(F)c4)s3)c2cc1C#N. The molecule has 172 valence electrons. The van der Waals surface area contributed by atoms with Gasteiger partial charge in [0, 0.05) is 47.4 Å². The minimum Gasteiger partial charge on any atom is -0.490 e. The van der Waals surface area contributed by atoms with E-state index in [9.17, 15) is 14.4 Å². The number of hydrogen-bond acceptors (Lipinski definition) is 7. The molecule has 2 aromatic carbocycles. The van der Waals surface area contributed by atoms with Crippen molar-refractivity contribution in [3.05, 3.63) is 82.6 Å². The molecule has 4 aromatic rings. The Morgan fingerprint density at radius 2 is 2.03 bits per heavy atom. The van der Waals surface area contributed by atoms with Gasteiger partial charge in [0.05, 0.1) is 21.9 Å². The molecule has 0 unspecified atom stereocenters. The number of thiophene rings is 1. The molecule has 5 nitrogen and oxygen atoms in total. The van der Waals surface area contributed by atoms with Gasteiger partial charge < -0.3 is 9.47 Å². The van der Waals surface area contributed by atoms with E-state index in [0.717, 1.165) is 24.9 Å². The summed E-state index contributed by atoms with van der Waals surface area (Å²) >= 11 is 3.11. The number of nitrogens with zero attached hydrogens (tertiary/aromatic N) is 2. The molecule has 0 saturated carbocycles. The third-order valence-electron chi connectivity index (χ3n) is 4.98. The zero-order valence-electron chi connectivity index (χ0n) is 18.4. The van der Waals surface area contributed by atoms with Gasteiger partial charge in [-0.3, -0.25) is 9.78 Å². The number of pyridine rings is 1. The molecule has 0 aliphatic heterocycles. The molecule has 0 atom stereocenters. The summed E-state index contributed by atoms with van der Waals surface area (Å²) in [6.07, 6.45) is 2.24. The van der Waals surface area contributed by atoms with Crippen molar-refractivity contribution in [1.82, 2.24) is 4.98 Å². The van der Waals surface area contributed by atoms with E-state index in [1.165, 1.54) is 12.1 Å². The third-order valence-corrected chi connectivity index (χ3v) is 7.27. The predicted molar refractivity (Wildman–Crippen MR) is 131 cm³/mol. The summed E-state index contributed by atoms with van der Waals surface area (Å²) in [5, 5.41) is 10.4. The first kappa shape index (κ1) is 23.9. The summed E-state index contributed by atoms with van der Waals surface area (Å²) in [5.74, 6) is 0.188. The van der Waals surface area contributed by atoms with Gasteiger partial charge in [-0.25, -0.2) is 4.39 Å². The standard InChI is InChI=1S/C26H21FN2O3S2/c1-31-9-10-32-24-15-23-22(13-18(24)16-28)25(7-8-29-23)34-26-6-5-21(33-26)14-20(30)12-17-3-2-4-19(27)11-17/h2-8,11,13,15H,9-10,12,14H2,1H3. The van der Waals surface area contributed by atoms with Crippen LogP contribution in [0.25, 0.3) is 10.9 Å². The highest BCUT2D eigenvalue weighted by molar-refractivity contribution is 8.01. The number of nitriles is 1. The van der Waals surface area contributed by atoms with Crippen molar-refractivity contribution in [3.63, 3.8) is 0 Å². The summed E-state index contributed by atoms with van der Waals surface area (Å²) < 4.78 is 25.1. The van der Waals surface area contributed by atoms with Gasteiger partial charge in [-0.2, -0.15) is 5.26 Å². The van der Waals surface area contributed by atoms with E-state index in [1.807, 2.05) is 18.2 Å². The molecule has 0 radical (unpaired) electrons. The van der Waals surface area contributed by atoms with Gasteiger partial charge in [0.15, 0.2) is 0 Å². The molecule has 0 spiro atoms. The minimum absolute atomic E-state index is 0.0398. The first-order valence-electron chi connectivity index (χ1n) is 10.5. The van der Waals surface area contributed by atoms with Crippen molar-refractivity contribution < 1.29 is 18.7 Å². The molecule has 2 aromatic heterocycles. The van der Waals surface area contributed by atoms with Crippen LogP contribution >= 0.6 is 23.1 Å². The molecule has 0 amide bonds. The van der Waals surface area contributed by atoms with Gasteiger partial charge >= 0.3 is 0 Å². The number of Topliss-reactive ketones (excluding diaryl/α,β-unsaturated/α-hetero) is 1. The molecule has 0 fully saturated rings. The molecule has 2 heterocycles. The molecule has 34 heavy (non-hydrogen) atoms. The molecule has 0 bridgehead atoms. The number of fused-ring (bicyclic) bond motifs is 1. The van der Waals surface area contributed by atoms with Crippen LogP contribution in [0.1, 0.15) is 16.0 Å². The van der Waals surface area contributed by atoms with E-state index in [-0.39, 0.29) is 18.0 Å². The van der Waals surface area contributed by atoms with Crippen LogP contribution in [0.15, 0.2) is 69.9 Å². The Kier molecular flexibility index (Phi) is 7.91. The Morgan fingerprint density at radius 3 is 2.82 bits per heavy atom. The highest BCUT2D eigenvalue weighted by atomic mass is 32.2. The van der Waals surface area contributed by atoms with E-state index in [4.69, 9.17) is 9.47 Å². The average Bonchev–Trinajstić information content (AvgIpc) is 3.25. The Morgan fingerprint density at radius 1 is 1.15 bits per heavy atom. The van der Waals surface area contributed by atoms with E-state index >= 15 is 0 Å². The minimum atomic E-state index is -0.335. The average molecular weight is 493 g/mol. The van der Waals surface area contributed by atoms with E-state index < -0.39 is 0 Å². The topological polar surface area (TPSA) is 72.2 Å². The van der Waals surface area contributed by atoms with Crippen molar-refractivity contribution >= 4 is 39.8 Å². The smallest absolute Gasteiger partial charge is 0.142 e. The second-order valence-electron chi connectivity index (χ2n) is 7.47. The Balaban J connectivity index is 1.48. The van der Waals surface area contributed by atoms with Gasteiger partial charge in [0.2, 0.25) is 0 Å². The van der Waals surface area contributed by atoms with Crippen LogP contribution < -0.4 is 4.74 Å². The lowest BCUT2D eigenvalue weighted by atomic mass is 10.1. The lowest BCUT2D eigenvalue weighted by Gasteiger charge is -2.10. The Labute approximate surface area is 205 Å². The number of carbonyl (C=O) groups is 1. The van der Waals surface area contributed by atoms with Crippen molar-refractivity contribution in [2.24, 2.45) is 0 Å². The number of aromatic nitrogens is 1. The van der Waals surface area contributed by atoms with Crippen LogP contribution in [0.4, 0.5) is 4.39 Å². The first-order valence-corrected chi connectivity index (χ1v) is 12.2. The zero-order chi connectivity index (χ0) is 23.9. The molecule has 0 aliphatic carbocycles. The molecule has 0 aliphatic rings. The molecule has 4 rings (SSSR count). The summed E-state index contributed by atoms with van der Waals surface area (Å²) in [5.41, 5.74) is 1.85.